The number of hydrogen-bond acceptors (Lipinski definition) is 5. The van der Waals surface area contributed by atoms with Gasteiger partial charge in [0.1, 0.15) is 0 Å². The summed E-state index contributed by atoms with van der Waals surface area (Å²) in [6, 6.07) is 0. The van der Waals surface area contributed by atoms with Crippen LogP contribution in [0.25, 0.3) is 0 Å². The van der Waals surface area contributed by atoms with Crippen LogP contribution in [0.3, 0.4) is 0 Å². The lowest BCUT2D eigenvalue weighted by Crippen LogP contribution is -2.27. The average Bonchev–Trinajstić information content (AvgIpc) is 2.54. The standard InChI is InChI=1S/C11H18N2O4/c1-5-6-8-12-13(10(15)17-8)7-16-9(14)11(2,3)4/h5-7H2,1-4H3. The van der Waals surface area contributed by atoms with Crippen molar-refractivity contribution in [1.29, 1.82) is 0 Å². The molecule has 0 saturated carbocycles. The number of nitrogens with zero attached hydrogens (tertiary/aromatic N) is 2. The summed E-state index contributed by atoms with van der Waals surface area (Å²) in [4.78, 5) is 22.8. The van der Waals surface area contributed by atoms with Crippen LogP contribution in [-0.4, -0.2) is 15.7 Å². The van der Waals surface area contributed by atoms with Crippen molar-refractivity contribution in [3.8, 4) is 0 Å². The number of aryl methyl sites for hydroxylation is 1. The lowest BCUT2D eigenvalue weighted by atomic mass is 9.98. The molecule has 17 heavy (non-hydrogen) atoms. The molecule has 0 amide bonds. The van der Waals surface area contributed by atoms with Gasteiger partial charge in [-0.1, -0.05) is 6.92 Å². The third kappa shape index (κ3) is 3.72. The molecule has 96 valence electrons. The SMILES string of the molecule is CCCc1nn(COC(=O)C(C)(C)C)c(=O)o1. The summed E-state index contributed by atoms with van der Waals surface area (Å²) in [5, 5.41) is 3.91. The first-order valence-corrected chi connectivity index (χ1v) is 5.58. The summed E-state index contributed by atoms with van der Waals surface area (Å²) in [5.41, 5.74) is -0.598. The summed E-state index contributed by atoms with van der Waals surface area (Å²) < 4.78 is 10.9. The quantitative estimate of drug-likeness (QED) is 0.745. The molecule has 0 fully saturated rings. The number of carbonyl (C=O) groups is 1. The molecular weight excluding hydrogens is 224 g/mol. The summed E-state index contributed by atoms with van der Waals surface area (Å²) >= 11 is 0. The lowest BCUT2D eigenvalue weighted by Gasteiger charge is -2.15. The van der Waals surface area contributed by atoms with Crippen LogP contribution in [0, 0.1) is 5.41 Å². The highest BCUT2D eigenvalue weighted by Gasteiger charge is 2.23. The molecule has 1 heterocycles. The predicted molar refractivity (Wildman–Crippen MR) is 60.3 cm³/mol. The van der Waals surface area contributed by atoms with Gasteiger partial charge in [0.15, 0.2) is 6.73 Å². The van der Waals surface area contributed by atoms with E-state index in [1.165, 1.54) is 0 Å². The van der Waals surface area contributed by atoms with Crippen molar-refractivity contribution >= 4 is 5.97 Å². The first-order chi connectivity index (χ1) is 7.84. The third-order valence-corrected chi connectivity index (χ3v) is 2.04. The lowest BCUT2D eigenvalue weighted by molar-refractivity contribution is -0.157. The Balaban J connectivity index is 2.64. The molecular formula is C11H18N2O4. The van der Waals surface area contributed by atoms with E-state index in [-0.39, 0.29) is 12.7 Å². The molecule has 1 rings (SSSR count). The topological polar surface area (TPSA) is 74.3 Å². The van der Waals surface area contributed by atoms with Crippen LogP contribution >= 0.6 is 0 Å². The molecule has 0 spiro atoms. The van der Waals surface area contributed by atoms with Gasteiger partial charge < -0.3 is 9.15 Å². The van der Waals surface area contributed by atoms with E-state index >= 15 is 0 Å². The molecule has 0 aromatic carbocycles. The second-order valence-electron chi connectivity index (χ2n) is 4.82. The zero-order valence-corrected chi connectivity index (χ0v) is 10.6. The minimum absolute atomic E-state index is 0.206. The molecule has 0 aliphatic heterocycles. The molecule has 0 aliphatic rings. The monoisotopic (exact) mass is 242 g/mol. The summed E-state index contributed by atoms with van der Waals surface area (Å²) in [5.74, 6) is -0.621. The van der Waals surface area contributed by atoms with Gasteiger partial charge in [0.05, 0.1) is 5.41 Å². The van der Waals surface area contributed by atoms with E-state index in [0.29, 0.717) is 12.3 Å². The number of aromatic nitrogens is 2. The van der Waals surface area contributed by atoms with Gasteiger partial charge in [-0.3, -0.25) is 4.79 Å². The maximum Gasteiger partial charge on any atom is 0.440 e. The van der Waals surface area contributed by atoms with Gasteiger partial charge in [0, 0.05) is 6.42 Å². The van der Waals surface area contributed by atoms with Crippen molar-refractivity contribution in [2.24, 2.45) is 5.41 Å². The molecule has 0 atom stereocenters. The molecule has 1 aromatic heterocycles. The summed E-state index contributed by atoms with van der Waals surface area (Å²) in [6.45, 7) is 6.97. The van der Waals surface area contributed by atoms with E-state index in [1.54, 1.807) is 20.8 Å². The zero-order chi connectivity index (χ0) is 13.1. The van der Waals surface area contributed by atoms with Gasteiger partial charge in [-0.25, -0.2) is 4.79 Å². The molecule has 0 radical (unpaired) electrons. The number of esters is 1. The van der Waals surface area contributed by atoms with Crippen molar-refractivity contribution in [2.75, 3.05) is 0 Å². The van der Waals surface area contributed by atoms with E-state index < -0.39 is 11.2 Å². The number of ether oxygens (including phenoxy) is 1. The Kier molecular flexibility index (Phi) is 4.09. The van der Waals surface area contributed by atoms with Crippen LogP contribution in [-0.2, 0) is 22.7 Å². The van der Waals surface area contributed by atoms with Crippen LogP contribution in [0.15, 0.2) is 9.21 Å². The van der Waals surface area contributed by atoms with Crippen molar-refractivity contribution in [2.45, 2.75) is 47.3 Å². The highest BCUT2D eigenvalue weighted by Crippen LogP contribution is 2.15. The molecule has 0 bridgehead atoms. The van der Waals surface area contributed by atoms with E-state index in [4.69, 9.17) is 9.15 Å². The summed E-state index contributed by atoms with van der Waals surface area (Å²) in [7, 11) is 0. The van der Waals surface area contributed by atoms with Crippen LogP contribution in [0.2, 0.25) is 0 Å². The Labute approximate surface area is 99.6 Å². The highest BCUT2D eigenvalue weighted by atomic mass is 16.6. The predicted octanol–water partition coefficient (Wildman–Crippen LogP) is 1.34. The Morgan fingerprint density at radius 2 is 2.12 bits per heavy atom. The molecule has 6 heteroatoms. The number of rotatable bonds is 4. The first kappa shape index (κ1) is 13.5. The van der Waals surface area contributed by atoms with Gasteiger partial charge in [-0.2, -0.15) is 4.68 Å². The Morgan fingerprint density at radius 3 is 2.65 bits per heavy atom. The van der Waals surface area contributed by atoms with E-state index in [2.05, 4.69) is 5.10 Å². The van der Waals surface area contributed by atoms with Gasteiger partial charge >= 0.3 is 11.7 Å². The third-order valence-electron chi connectivity index (χ3n) is 2.04. The maximum atomic E-state index is 11.5. The molecule has 1 aromatic rings. The minimum atomic E-state index is -0.602. The largest absolute Gasteiger partial charge is 0.442 e. The van der Waals surface area contributed by atoms with Gasteiger partial charge in [-0.05, 0) is 27.2 Å². The molecule has 0 aliphatic carbocycles. The van der Waals surface area contributed by atoms with E-state index in [1.807, 2.05) is 6.92 Å². The molecule has 0 N–H and O–H groups in total. The Morgan fingerprint density at radius 1 is 1.47 bits per heavy atom. The second-order valence-corrected chi connectivity index (χ2v) is 4.82. The van der Waals surface area contributed by atoms with Crippen molar-refractivity contribution in [3.05, 3.63) is 16.4 Å². The highest BCUT2D eigenvalue weighted by molar-refractivity contribution is 5.75. The molecule has 0 saturated heterocycles. The van der Waals surface area contributed by atoms with Crippen LogP contribution in [0.4, 0.5) is 0 Å². The van der Waals surface area contributed by atoms with Crippen molar-refractivity contribution in [3.63, 3.8) is 0 Å². The van der Waals surface area contributed by atoms with Crippen molar-refractivity contribution in [1.82, 2.24) is 9.78 Å². The Hall–Kier alpha value is -1.59. The van der Waals surface area contributed by atoms with Crippen LogP contribution in [0.5, 0.6) is 0 Å². The number of carbonyl (C=O) groups excluding carboxylic acids is 1. The first-order valence-electron chi connectivity index (χ1n) is 5.58. The molecule has 6 nitrogen and oxygen atoms in total. The normalized spacial score (nSPS) is 11.5. The van der Waals surface area contributed by atoms with Gasteiger partial charge in [0.25, 0.3) is 0 Å². The fourth-order valence-corrected chi connectivity index (χ4v) is 1.08. The number of hydrogen-bond donors (Lipinski definition) is 0. The minimum Gasteiger partial charge on any atom is -0.442 e. The fourth-order valence-electron chi connectivity index (χ4n) is 1.08. The van der Waals surface area contributed by atoms with E-state index in [0.717, 1.165) is 11.1 Å². The zero-order valence-electron chi connectivity index (χ0n) is 10.6. The maximum absolute atomic E-state index is 11.5. The smallest absolute Gasteiger partial charge is 0.440 e. The Bertz CT molecular complexity index is 439. The molecule has 0 unspecified atom stereocenters. The van der Waals surface area contributed by atoms with Gasteiger partial charge in [-0.15, -0.1) is 5.10 Å². The fraction of sp³-hybridized carbons (Fsp3) is 0.727. The van der Waals surface area contributed by atoms with Crippen LogP contribution in [0.1, 0.15) is 40.0 Å². The van der Waals surface area contributed by atoms with Crippen LogP contribution < -0.4 is 5.76 Å². The second kappa shape index (κ2) is 5.16. The van der Waals surface area contributed by atoms with Gasteiger partial charge in [0.2, 0.25) is 5.89 Å². The van der Waals surface area contributed by atoms with Crippen molar-refractivity contribution < 1.29 is 13.9 Å². The van der Waals surface area contributed by atoms with E-state index in [9.17, 15) is 9.59 Å². The average molecular weight is 242 g/mol. The summed E-state index contributed by atoms with van der Waals surface area (Å²) in [6.07, 6.45) is 1.43.